The summed E-state index contributed by atoms with van der Waals surface area (Å²) in [7, 11) is 0. The first-order valence-electron chi connectivity index (χ1n) is 7.29. The second kappa shape index (κ2) is 7.20. The number of hydrogen-bond donors (Lipinski definition) is 0. The van der Waals surface area contributed by atoms with E-state index in [1.165, 1.54) is 56.2 Å². The molecule has 0 saturated heterocycles. The Balaban J connectivity index is 1.64. The van der Waals surface area contributed by atoms with Crippen LogP contribution in [0.15, 0.2) is 29.4 Å². The molecule has 1 aliphatic rings. The van der Waals surface area contributed by atoms with Gasteiger partial charge in [0.2, 0.25) is 0 Å². The fourth-order valence-corrected chi connectivity index (χ4v) is 2.41. The lowest BCUT2D eigenvalue weighted by Crippen LogP contribution is -1.96. The van der Waals surface area contributed by atoms with Crippen molar-refractivity contribution in [2.75, 3.05) is 0 Å². The van der Waals surface area contributed by atoms with Crippen molar-refractivity contribution in [2.45, 2.75) is 58.3 Å². The first-order chi connectivity index (χ1) is 8.92. The molecule has 0 amide bonds. The molecule has 0 saturated carbocycles. The van der Waals surface area contributed by atoms with E-state index in [0.717, 1.165) is 12.1 Å². The number of fused-ring (bicyclic) bond motifs is 1. The number of rotatable bonds is 8. The van der Waals surface area contributed by atoms with Crippen LogP contribution in [0, 0.1) is 0 Å². The van der Waals surface area contributed by atoms with Crippen LogP contribution in [0.5, 0.6) is 0 Å². The Morgan fingerprint density at radius 2 is 1.61 bits per heavy atom. The molecule has 0 bridgehead atoms. The summed E-state index contributed by atoms with van der Waals surface area (Å²) in [6.07, 6.45) is 10.5. The molecule has 0 N–H and O–H groups in total. The van der Waals surface area contributed by atoms with Crippen molar-refractivity contribution in [2.24, 2.45) is 5.10 Å². The van der Waals surface area contributed by atoms with Gasteiger partial charge in [-0.05, 0) is 18.9 Å². The molecule has 0 spiro atoms. The van der Waals surface area contributed by atoms with E-state index in [0.29, 0.717) is 0 Å². The van der Waals surface area contributed by atoms with Crippen LogP contribution in [-0.4, -0.2) is 5.71 Å². The Hall–Kier alpha value is -1.31. The van der Waals surface area contributed by atoms with E-state index in [-0.39, 0.29) is 0 Å². The highest BCUT2D eigenvalue weighted by Gasteiger charge is 2.15. The highest BCUT2D eigenvalue weighted by Crippen LogP contribution is 2.24. The second-order valence-electron chi connectivity index (χ2n) is 5.04. The van der Waals surface area contributed by atoms with Crippen molar-refractivity contribution >= 4 is 11.4 Å². The zero-order valence-corrected chi connectivity index (χ0v) is 11.4. The Labute approximate surface area is 110 Å². The molecule has 2 nitrogen and oxygen atoms in total. The summed E-state index contributed by atoms with van der Waals surface area (Å²) in [6, 6.07) is 8.26. The van der Waals surface area contributed by atoms with Crippen LogP contribution in [0.4, 0.5) is 5.69 Å². The van der Waals surface area contributed by atoms with Gasteiger partial charge in [0.25, 0.3) is 0 Å². The van der Waals surface area contributed by atoms with Crippen molar-refractivity contribution in [3.05, 3.63) is 29.8 Å². The van der Waals surface area contributed by atoms with Crippen LogP contribution < -0.4 is 5.43 Å². The van der Waals surface area contributed by atoms with Crippen molar-refractivity contribution in [1.29, 1.82) is 0 Å². The summed E-state index contributed by atoms with van der Waals surface area (Å²) in [4.78, 5) is 0. The predicted molar refractivity (Wildman–Crippen MR) is 77.4 cm³/mol. The molecule has 1 aliphatic heterocycles. The minimum atomic E-state index is 1.04. The number of nitrogens with zero attached hydrogens (tertiary/aromatic N) is 2. The van der Waals surface area contributed by atoms with Gasteiger partial charge in [0.15, 0.2) is 0 Å². The Bertz CT molecular complexity index is 396. The first kappa shape index (κ1) is 13.1. The van der Waals surface area contributed by atoms with Gasteiger partial charge < -0.3 is 0 Å². The van der Waals surface area contributed by atoms with Crippen LogP contribution in [0.3, 0.4) is 0 Å². The van der Waals surface area contributed by atoms with Crippen molar-refractivity contribution in [3.63, 3.8) is 0 Å². The molecular weight excluding hydrogens is 220 g/mol. The summed E-state index contributed by atoms with van der Waals surface area (Å²) >= 11 is 0. The van der Waals surface area contributed by atoms with Crippen molar-refractivity contribution in [3.8, 4) is 0 Å². The van der Waals surface area contributed by atoms with E-state index in [4.69, 9.17) is 0 Å². The lowest BCUT2D eigenvalue weighted by Gasteiger charge is -2.02. The normalized spacial score (nSPS) is 13.1. The highest BCUT2D eigenvalue weighted by atomic mass is 15.3. The zero-order valence-electron chi connectivity index (χ0n) is 11.4. The van der Waals surface area contributed by atoms with E-state index < -0.39 is 0 Å². The highest BCUT2D eigenvalue weighted by molar-refractivity contribution is 6.06. The van der Waals surface area contributed by atoms with E-state index in [9.17, 15) is 0 Å². The third-order valence-electron chi connectivity index (χ3n) is 3.51. The monoisotopic (exact) mass is 243 g/mol. The number of unbranched alkanes of at least 4 members (excludes halogenated alkanes) is 6. The van der Waals surface area contributed by atoms with Crippen LogP contribution in [0.25, 0.3) is 0 Å². The number of benzene rings is 1. The summed E-state index contributed by atoms with van der Waals surface area (Å²) in [5.41, 5.74) is 7.66. The van der Waals surface area contributed by atoms with Gasteiger partial charge in [0.1, 0.15) is 0 Å². The summed E-state index contributed by atoms with van der Waals surface area (Å²) in [6.45, 7) is 2.26. The van der Waals surface area contributed by atoms with Gasteiger partial charge in [-0.1, -0.05) is 63.6 Å². The smallest absolute Gasteiger partial charge is 0.0948 e. The summed E-state index contributed by atoms with van der Waals surface area (Å²) < 4.78 is 0. The van der Waals surface area contributed by atoms with Gasteiger partial charge in [0, 0.05) is 5.56 Å². The SMILES string of the molecule is CCCCCCCCCC1=N[N]c2ccccc21. The van der Waals surface area contributed by atoms with Gasteiger partial charge in [-0.15, -0.1) is 0 Å². The molecular formula is C16H23N2. The van der Waals surface area contributed by atoms with E-state index in [1.54, 1.807) is 0 Å². The Kier molecular flexibility index (Phi) is 5.25. The zero-order chi connectivity index (χ0) is 12.6. The molecule has 1 heterocycles. The van der Waals surface area contributed by atoms with Gasteiger partial charge in [-0.25, -0.2) is 0 Å². The maximum Gasteiger partial charge on any atom is 0.0948 e. The van der Waals surface area contributed by atoms with Crippen molar-refractivity contribution in [1.82, 2.24) is 5.43 Å². The molecule has 0 aromatic heterocycles. The average Bonchev–Trinajstić information content (AvgIpc) is 2.81. The molecule has 0 unspecified atom stereocenters. The lowest BCUT2D eigenvalue weighted by molar-refractivity contribution is 0.595. The summed E-state index contributed by atoms with van der Waals surface area (Å²) in [5, 5.41) is 4.29. The molecule has 1 aromatic rings. The lowest BCUT2D eigenvalue weighted by atomic mass is 10.0. The standard InChI is InChI=1S/C16H23N2/c1-2-3-4-5-6-7-8-12-15-14-11-9-10-13-16(14)18-17-15/h9-11,13H,2-8,12H2,1H3. The molecule has 1 radical (unpaired) electrons. The molecule has 0 aliphatic carbocycles. The fraction of sp³-hybridized carbons (Fsp3) is 0.562. The maximum atomic E-state index is 4.29. The average molecular weight is 243 g/mol. The van der Waals surface area contributed by atoms with Crippen LogP contribution in [-0.2, 0) is 0 Å². The largest absolute Gasteiger partial charge is 0.154 e. The van der Waals surface area contributed by atoms with Gasteiger partial charge in [-0.3, -0.25) is 0 Å². The minimum absolute atomic E-state index is 1.04. The topological polar surface area (TPSA) is 26.5 Å². The quantitative estimate of drug-likeness (QED) is 0.587. The van der Waals surface area contributed by atoms with E-state index in [2.05, 4.69) is 29.6 Å². The third-order valence-corrected chi connectivity index (χ3v) is 3.51. The molecule has 2 heteroatoms. The molecule has 1 aromatic carbocycles. The maximum absolute atomic E-state index is 4.29. The molecule has 0 atom stereocenters. The fourth-order valence-electron chi connectivity index (χ4n) is 2.41. The predicted octanol–water partition coefficient (Wildman–Crippen LogP) is 4.78. The Morgan fingerprint density at radius 1 is 0.889 bits per heavy atom. The molecule has 97 valence electrons. The van der Waals surface area contributed by atoms with Crippen LogP contribution >= 0.6 is 0 Å². The van der Waals surface area contributed by atoms with Crippen molar-refractivity contribution < 1.29 is 0 Å². The summed E-state index contributed by atoms with van der Waals surface area (Å²) in [5.74, 6) is 0. The molecule has 2 rings (SSSR count). The minimum Gasteiger partial charge on any atom is -0.154 e. The Morgan fingerprint density at radius 3 is 2.44 bits per heavy atom. The van der Waals surface area contributed by atoms with Crippen LogP contribution in [0.1, 0.15) is 63.9 Å². The number of hydrogen-bond acceptors (Lipinski definition) is 1. The first-order valence-corrected chi connectivity index (χ1v) is 7.29. The van der Waals surface area contributed by atoms with Crippen LogP contribution in [0.2, 0.25) is 0 Å². The van der Waals surface area contributed by atoms with Gasteiger partial charge in [0.05, 0.1) is 11.4 Å². The second-order valence-corrected chi connectivity index (χ2v) is 5.04. The van der Waals surface area contributed by atoms with Gasteiger partial charge in [-0.2, -0.15) is 10.5 Å². The van der Waals surface area contributed by atoms with E-state index in [1.807, 2.05) is 12.1 Å². The third kappa shape index (κ3) is 3.59. The molecule has 0 fully saturated rings. The molecule has 18 heavy (non-hydrogen) atoms. The van der Waals surface area contributed by atoms with E-state index >= 15 is 0 Å². The van der Waals surface area contributed by atoms with Gasteiger partial charge >= 0.3 is 0 Å².